The van der Waals surface area contributed by atoms with Crippen LogP contribution in [0.2, 0.25) is 0 Å². The molecule has 0 fully saturated rings. The molecule has 2 rings (SSSR count). The van der Waals surface area contributed by atoms with Crippen molar-refractivity contribution >= 4 is 38.5 Å². The molecule has 16 heavy (non-hydrogen) atoms. The number of rotatable bonds is 2. The summed E-state index contributed by atoms with van der Waals surface area (Å²) in [5.41, 5.74) is 1.13. The van der Waals surface area contributed by atoms with Gasteiger partial charge in [-0.15, -0.1) is 0 Å². The highest BCUT2D eigenvalue weighted by molar-refractivity contribution is 14.1. The van der Waals surface area contributed by atoms with Gasteiger partial charge in [0.25, 0.3) is 5.56 Å². The normalized spacial score (nSPS) is 10.4. The van der Waals surface area contributed by atoms with Crippen molar-refractivity contribution in [2.24, 2.45) is 0 Å². The summed E-state index contributed by atoms with van der Waals surface area (Å²) in [6.45, 7) is 0.606. The molecular weight excluding hydrogens is 381 g/mol. The van der Waals surface area contributed by atoms with Crippen LogP contribution in [0.15, 0.2) is 51.9 Å². The first-order chi connectivity index (χ1) is 7.66. The molecule has 2 aromatic rings. The summed E-state index contributed by atoms with van der Waals surface area (Å²) in [7, 11) is 0. The lowest BCUT2D eigenvalue weighted by Gasteiger charge is -2.06. The van der Waals surface area contributed by atoms with Crippen LogP contribution >= 0.6 is 38.5 Å². The maximum atomic E-state index is 11.8. The molecular formula is C12H9BrINO. The van der Waals surface area contributed by atoms with Crippen molar-refractivity contribution in [3.05, 3.63) is 66.6 Å². The van der Waals surface area contributed by atoms with E-state index in [9.17, 15) is 4.79 Å². The number of hydrogen-bond acceptors (Lipinski definition) is 1. The Morgan fingerprint density at radius 1 is 1.19 bits per heavy atom. The molecule has 0 unspecified atom stereocenters. The highest BCUT2D eigenvalue weighted by Gasteiger charge is 2.00. The minimum atomic E-state index is 0.000972. The van der Waals surface area contributed by atoms with Gasteiger partial charge in [0, 0.05) is 9.77 Å². The van der Waals surface area contributed by atoms with Crippen molar-refractivity contribution in [2.75, 3.05) is 0 Å². The van der Waals surface area contributed by atoms with Crippen LogP contribution in [0.25, 0.3) is 0 Å². The van der Waals surface area contributed by atoms with Crippen LogP contribution in [0, 0.1) is 3.57 Å². The monoisotopic (exact) mass is 389 g/mol. The SMILES string of the molecule is O=c1c(Br)cccn1Cc1ccc(I)cc1. The van der Waals surface area contributed by atoms with E-state index < -0.39 is 0 Å². The van der Waals surface area contributed by atoms with Crippen LogP contribution in [0.5, 0.6) is 0 Å². The zero-order valence-corrected chi connectivity index (χ0v) is 12.1. The average Bonchev–Trinajstić information content (AvgIpc) is 2.28. The predicted molar refractivity (Wildman–Crippen MR) is 76.7 cm³/mol. The molecule has 0 bridgehead atoms. The van der Waals surface area contributed by atoms with Crippen molar-refractivity contribution in [3.8, 4) is 0 Å². The maximum Gasteiger partial charge on any atom is 0.265 e. The van der Waals surface area contributed by atoms with E-state index in [1.54, 1.807) is 16.8 Å². The van der Waals surface area contributed by atoms with Gasteiger partial charge in [-0.25, -0.2) is 0 Å². The second-order valence-corrected chi connectivity index (χ2v) is 5.52. The van der Waals surface area contributed by atoms with E-state index in [0.29, 0.717) is 11.0 Å². The Labute approximate surface area is 116 Å². The molecule has 0 aliphatic carbocycles. The van der Waals surface area contributed by atoms with Gasteiger partial charge in [0.1, 0.15) is 0 Å². The number of halogens is 2. The lowest BCUT2D eigenvalue weighted by Crippen LogP contribution is -2.20. The molecule has 0 amide bonds. The van der Waals surface area contributed by atoms with Gasteiger partial charge in [0.05, 0.1) is 11.0 Å². The van der Waals surface area contributed by atoms with Gasteiger partial charge >= 0.3 is 0 Å². The number of aromatic nitrogens is 1. The lowest BCUT2D eigenvalue weighted by atomic mass is 10.2. The molecule has 1 aromatic carbocycles. The van der Waals surface area contributed by atoms with Crippen LogP contribution in [-0.2, 0) is 6.54 Å². The Hall–Kier alpha value is -0.620. The standard InChI is InChI=1S/C12H9BrINO/c13-11-2-1-7-15(12(11)16)8-9-3-5-10(14)6-4-9/h1-7H,8H2. The first kappa shape index (κ1) is 11.9. The van der Waals surface area contributed by atoms with Gasteiger partial charge in [-0.05, 0) is 68.3 Å². The number of benzene rings is 1. The molecule has 0 saturated carbocycles. The third-order valence-corrected chi connectivity index (χ3v) is 3.56. The van der Waals surface area contributed by atoms with E-state index in [1.165, 1.54) is 3.57 Å². The van der Waals surface area contributed by atoms with E-state index in [4.69, 9.17) is 0 Å². The molecule has 82 valence electrons. The van der Waals surface area contributed by atoms with Crippen LogP contribution in [0.3, 0.4) is 0 Å². The molecule has 0 aliphatic heterocycles. The van der Waals surface area contributed by atoms with Crippen LogP contribution < -0.4 is 5.56 Å². The first-order valence-corrected chi connectivity index (χ1v) is 6.63. The molecule has 0 radical (unpaired) electrons. The Morgan fingerprint density at radius 3 is 2.56 bits per heavy atom. The maximum absolute atomic E-state index is 11.8. The minimum absolute atomic E-state index is 0.000972. The van der Waals surface area contributed by atoms with Gasteiger partial charge in [0.2, 0.25) is 0 Å². The van der Waals surface area contributed by atoms with Crippen molar-refractivity contribution < 1.29 is 0 Å². The summed E-state index contributed by atoms with van der Waals surface area (Å²) in [6, 6.07) is 11.8. The predicted octanol–water partition coefficient (Wildman–Crippen LogP) is 3.26. The molecule has 4 heteroatoms. The summed E-state index contributed by atoms with van der Waals surface area (Å²) in [6.07, 6.45) is 1.80. The minimum Gasteiger partial charge on any atom is -0.310 e. The van der Waals surface area contributed by atoms with Crippen LogP contribution in [-0.4, -0.2) is 4.57 Å². The smallest absolute Gasteiger partial charge is 0.265 e. The molecule has 0 saturated heterocycles. The Bertz CT molecular complexity index is 548. The molecule has 1 heterocycles. The van der Waals surface area contributed by atoms with Gasteiger partial charge in [0.15, 0.2) is 0 Å². The summed E-state index contributed by atoms with van der Waals surface area (Å²) in [5.74, 6) is 0. The third kappa shape index (κ3) is 2.74. The fraction of sp³-hybridized carbons (Fsp3) is 0.0833. The molecule has 0 N–H and O–H groups in total. The van der Waals surface area contributed by atoms with E-state index >= 15 is 0 Å². The summed E-state index contributed by atoms with van der Waals surface area (Å²) >= 11 is 5.50. The lowest BCUT2D eigenvalue weighted by molar-refractivity contribution is 0.755. The van der Waals surface area contributed by atoms with E-state index in [0.717, 1.165) is 5.56 Å². The second-order valence-electron chi connectivity index (χ2n) is 3.42. The largest absolute Gasteiger partial charge is 0.310 e. The molecule has 0 aliphatic rings. The van der Waals surface area contributed by atoms with E-state index in [1.807, 2.05) is 30.3 Å². The van der Waals surface area contributed by atoms with E-state index in [2.05, 4.69) is 38.5 Å². The molecule has 0 atom stereocenters. The van der Waals surface area contributed by atoms with E-state index in [-0.39, 0.29) is 5.56 Å². The fourth-order valence-corrected chi connectivity index (χ4v) is 2.16. The van der Waals surface area contributed by atoms with Crippen molar-refractivity contribution in [2.45, 2.75) is 6.54 Å². The van der Waals surface area contributed by atoms with Gasteiger partial charge in [-0.3, -0.25) is 4.79 Å². The topological polar surface area (TPSA) is 22.0 Å². The summed E-state index contributed by atoms with van der Waals surface area (Å²) in [5, 5.41) is 0. The molecule has 1 aromatic heterocycles. The molecule has 2 nitrogen and oxygen atoms in total. The highest BCUT2D eigenvalue weighted by Crippen LogP contribution is 2.08. The number of hydrogen-bond donors (Lipinski definition) is 0. The number of nitrogens with zero attached hydrogens (tertiary/aromatic N) is 1. The van der Waals surface area contributed by atoms with Crippen LogP contribution in [0.1, 0.15) is 5.56 Å². The van der Waals surface area contributed by atoms with Crippen LogP contribution in [0.4, 0.5) is 0 Å². The Morgan fingerprint density at radius 2 is 1.88 bits per heavy atom. The average molecular weight is 390 g/mol. The summed E-state index contributed by atoms with van der Waals surface area (Å²) in [4.78, 5) is 11.8. The highest BCUT2D eigenvalue weighted by atomic mass is 127. The summed E-state index contributed by atoms with van der Waals surface area (Å²) < 4.78 is 3.48. The third-order valence-electron chi connectivity index (χ3n) is 2.24. The number of pyridine rings is 1. The van der Waals surface area contributed by atoms with Crippen molar-refractivity contribution in [1.82, 2.24) is 4.57 Å². The first-order valence-electron chi connectivity index (χ1n) is 4.76. The van der Waals surface area contributed by atoms with Gasteiger partial charge in [-0.1, -0.05) is 12.1 Å². The second kappa shape index (κ2) is 5.14. The Balaban J connectivity index is 2.31. The van der Waals surface area contributed by atoms with Gasteiger partial charge < -0.3 is 4.57 Å². The van der Waals surface area contributed by atoms with Gasteiger partial charge in [-0.2, -0.15) is 0 Å². The van der Waals surface area contributed by atoms with Crippen molar-refractivity contribution in [1.29, 1.82) is 0 Å². The van der Waals surface area contributed by atoms with Crippen molar-refractivity contribution in [3.63, 3.8) is 0 Å². The fourth-order valence-electron chi connectivity index (χ4n) is 1.42. The Kier molecular flexibility index (Phi) is 3.81. The zero-order valence-electron chi connectivity index (χ0n) is 8.36. The molecule has 0 spiro atoms. The zero-order chi connectivity index (χ0) is 11.5. The quantitative estimate of drug-likeness (QED) is 0.722.